The van der Waals surface area contributed by atoms with Crippen LogP contribution >= 0.6 is 0 Å². The van der Waals surface area contributed by atoms with Crippen LogP contribution in [0.2, 0.25) is 0 Å². The monoisotopic (exact) mass is 381 g/mol. The summed E-state index contributed by atoms with van der Waals surface area (Å²) in [6.45, 7) is 0. The van der Waals surface area contributed by atoms with E-state index in [1.165, 1.54) is 0 Å². The number of hydrogen-bond donors (Lipinski definition) is 1. The van der Waals surface area contributed by atoms with E-state index in [1.807, 2.05) is 49.9 Å². The average Bonchev–Trinajstić information content (AvgIpc) is 3.19. The van der Waals surface area contributed by atoms with Crippen LogP contribution in [0, 0.1) is 0 Å². The highest BCUT2D eigenvalue weighted by Crippen LogP contribution is 2.27. The SMILES string of the molecule is Cn1cc(-c2ccc3cnc(NC(=O)c4ccc5c(c4)CCC=N5)cc3c2)cn1. The largest absolute Gasteiger partial charge is 0.307 e. The van der Waals surface area contributed by atoms with Crippen molar-refractivity contribution in [2.75, 3.05) is 5.32 Å². The fraction of sp³-hybridized carbons (Fsp3) is 0.130. The third-order valence-corrected chi connectivity index (χ3v) is 5.12. The highest BCUT2D eigenvalue weighted by molar-refractivity contribution is 6.05. The molecule has 0 bridgehead atoms. The number of aromatic nitrogens is 3. The normalized spacial score (nSPS) is 12.7. The predicted octanol–water partition coefficient (Wildman–Crippen LogP) is 4.54. The minimum Gasteiger partial charge on any atom is -0.307 e. The van der Waals surface area contributed by atoms with Crippen LogP contribution in [-0.2, 0) is 13.5 Å². The number of aryl methyl sites for hydroxylation is 2. The number of nitrogens with one attached hydrogen (secondary N) is 1. The van der Waals surface area contributed by atoms with Gasteiger partial charge in [-0.15, -0.1) is 0 Å². The van der Waals surface area contributed by atoms with E-state index < -0.39 is 0 Å². The fourth-order valence-corrected chi connectivity index (χ4v) is 3.58. The van der Waals surface area contributed by atoms with Gasteiger partial charge < -0.3 is 5.32 Å². The van der Waals surface area contributed by atoms with E-state index in [9.17, 15) is 4.79 Å². The lowest BCUT2D eigenvalue weighted by molar-refractivity contribution is 0.102. The maximum atomic E-state index is 12.7. The lowest BCUT2D eigenvalue weighted by Gasteiger charge is -2.11. The molecule has 0 fully saturated rings. The second-order valence-corrected chi connectivity index (χ2v) is 7.18. The number of fused-ring (bicyclic) bond motifs is 2. The summed E-state index contributed by atoms with van der Waals surface area (Å²) in [6, 6.07) is 13.7. The maximum Gasteiger partial charge on any atom is 0.256 e. The number of amides is 1. The third kappa shape index (κ3) is 3.40. The Labute approximate surface area is 167 Å². The highest BCUT2D eigenvalue weighted by Gasteiger charge is 2.12. The van der Waals surface area contributed by atoms with Gasteiger partial charge in [0.1, 0.15) is 5.82 Å². The summed E-state index contributed by atoms with van der Waals surface area (Å²) >= 11 is 0. The van der Waals surface area contributed by atoms with Gasteiger partial charge >= 0.3 is 0 Å². The van der Waals surface area contributed by atoms with Crippen LogP contribution in [0.4, 0.5) is 11.5 Å². The molecule has 0 spiro atoms. The number of hydrogen-bond acceptors (Lipinski definition) is 4. The van der Waals surface area contributed by atoms with E-state index in [1.54, 1.807) is 16.9 Å². The van der Waals surface area contributed by atoms with Crippen LogP contribution in [0.1, 0.15) is 22.3 Å². The summed E-state index contributed by atoms with van der Waals surface area (Å²) in [6.07, 6.45) is 9.33. The molecule has 142 valence electrons. The second-order valence-electron chi connectivity index (χ2n) is 7.18. The fourth-order valence-electron chi connectivity index (χ4n) is 3.58. The first-order valence-corrected chi connectivity index (χ1v) is 9.51. The van der Waals surface area contributed by atoms with Crippen molar-refractivity contribution in [3.05, 3.63) is 72.2 Å². The molecule has 3 heterocycles. The Kier molecular flexibility index (Phi) is 4.17. The maximum absolute atomic E-state index is 12.7. The van der Waals surface area contributed by atoms with Crippen molar-refractivity contribution >= 4 is 34.4 Å². The number of pyridine rings is 1. The number of benzene rings is 2. The van der Waals surface area contributed by atoms with Crippen LogP contribution in [-0.4, -0.2) is 26.9 Å². The molecule has 0 saturated carbocycles. The van der Waals surface area contributed by atoms with Crippen molar-refractivity contribution in [2.24, 2.45) is 12.0 Å². The second kappa shape index (κ2) is 6.98. The molecular formula is C23H19N5O. The zero-order valence-electron chi connectivity index (χ0n) is 16.0. The van der Waals surface area contributed by atoms with Crippen molar-refractivity contribution < 1.29 is 4.79 Å². The molecular weight excluding hydrogens is 362 g/mol. The number of carbonyl (C=O) groups excluding carboxylic acids is 1. The van der Waals surface area contributed by atoms with Gasteiger partial charge in [-0.1, -0.05) is 12.1 Å². The van der Waals surface area contributed by atoms with E-state index in [4.69, 9.17) is 0 Å². The quantitative estimate of drug-likeness (QED) is 0.566. The Morgan fingerprint density at radius 2 is 1.97 bits per heavy atom. The number of anilines is 1. The van der Waals surface area contributed by atoms with Crippen molar-refractivity contribution in [3.63, 3.8) is 0 Å². The Morgan fingerprint density at radius 1 is 1.03 bits per heavy atom. The lowest BCUT2D eigenvalue weighted by Crippen LogP contribution is -2.13. The topological polar surface area (TPSA) is 72.2 Å². The molecule has 0 saturated heterocycles. The Hall–Kier alpha value is -3.80. The summed E-state index contributed by atoms with van der Waals surface area (Å²) in [5, 5.41) is 9.17. The average molecular weight is 381 g/mol. The number of aliphatic imine (C=N–C) groups is 1. The van der Waals surface area contributed by atoms with Crippen LogP contribution in [0.5, 0.6) is 0 Å². The summed E-state index contributed by atoms with van der Waals surface area (Å²) in [7, 11) is 1.90. The first kappa shape index (κ1) is 17.3. The van der Waals surface area contributed by atoms with E-state index in [-0.39, 0.29) is 5.91 Å². The number of rotatable bonds is 3. The highest BCUT2D eigenvalue weighted by atomic mass is 16.1. The molecule has 5 rings (SSSR count). The molecule has 2 aromatic heterocycles. The van der Waals surface area contributed by atoms with Crippen LogP contribution in [0.3, 0.4) is 0 Å². The molecule has 29 heavy (non-hydrogen) atoms. The smallest absolute Gasteiger partial charge is 0.256 e. The van der Waals surface area contributed by atoms with E-state index in [2.05, 4.69) is 32.5 Å². The van der Waals surface area contributed by atoms with Crippen molar-refractivity contribution in [2.45, 2.75) is 12.8 Å². The Morgan fingerprint density at radius 3 is 2.83 bits per heavy atom. The molecule has 6 heteroatoms. The standard InChI is InChI=1S/C23H19N5O/c1-28-14-20(13-26-28)15-4-5-18-12-25-22(11-19(18)9-15)27-23(29)17-6-7-21-16(10-17)3-2-8-24-21/h4-14H,2-3H2,1H3,(H,25,27,29). The molecule has 1 aliphatic rings. The van der Waals surface area contributed by atoms with Crippen LogP contribution < -0.4 is 5.32 Å². The molecule has 0 radical (unpaired) electrons. The van der Waals surface area contributed by atoms with Gasteiger partial charge in [-0.3, -0.25) is 14.5 Å². The van der Waals surface area contributed by atoms with Gasteiger partial charge in [0.2, 0.25) is 0 Å². The summed E-state index contributed by atoms with van der Waals surface area (Å²) in [5.74, 6) is 0.360. The Bertz CT molecular complexity index is 1270. The third-order valence-electron chi connectivity index (χ3n) is 5.12. The number of carbonyl (C=O) groups is 1. The number of nitrogens with zero attached hydrogens (tertiary/aromatic N) is 4. The Balaban J connectivity index is 1.42. The lowest BCUT2D eigenvalue weighted by atomic mass is 10.0. The molecule has 1 N–H and O–H groups in total. The van der Waals surface area contributed by atoms with Crippen LogP contribution in [0.25, 0.3) is 21.9 Å². The minimum atomic E-state index is -0.169. The summed E-state index contributed by atoms with van der Waals surface area (Å²) in [5.41, 5.74) is 4.79. The van der Waals surface area contributed by atoms with Crippen molar-refractivity contribution in [3.8, 4) is 11.1 Å². The minimum absolute atomic E-state index is 0.169. The zero-order chi connectivity index (χ0) is 19.8. The molecule has 4 aromatic rings. The van der Waals surface area contributed by atoms with E-state index in [0.717, 1.165) is 46.0 Å². The van der Waals surface area contributed by atoms with Gasteiger partial charge in [-0.2, -0.15) is 5.10 Å². The summed E-state index contributed by atoms with van der Waals surface area (Å²) in [4.78, 5) is 21.5. The van der Waals surface area contributed by atoms with Gasteiger partial charge in [-0.05, 0) is 59.7 Å². The van der Waals surface area contributed by atoms with Gasteiger partial charge in [-0.25, -0.2) is 4.98 Å². The zero-order valence-corrected chi connectivity index (χ0v) is 16.0. The molecule has 1 aliphatic heterocycles. The molecule has 2 aromatic carbocycles. The molecule has 0 atom stereocenters. The molecule has 6 nitrogen and oxygen atoms in total. The van der Waals surface area contributed by atoms with Crippen LogP contribution in [0.15, 0.2) is 66.0 Å². The van der Waals surface area contributed by atoms with Crippen molar-refractivity contribution in [1.29, 1.82) is 0 Å². The van der Waals surface area contributed by atoms with Gasteiger partial charge in [0.25, 0.3) is 5.91 Å². The van der Waals surface area contributed by atoms with Gasteiger partial charge in [0, 0.05) is 42.2 Å². The first-order valence-electron chi connectivity index (χ1n) is 9.51. The van der Waals surface area contributed by atoms with Crippen molar-refractivity contribution in [1.82, 2.24) is 14.8 Å². The van der Waals surface area contributed by atoms with E-state index in [0.29, 0.717) is 11.4 Å². The predicted molar refractivity (Wildman–Crippen MR) is 115 cm³/mol. The van der Waals surface area contributed by atoms with Gasteiger partial charge in [0.05, 0.1) is 11.9 Å². The molecule has 1 amide bonds. The van der Waals surface area contributed by atoms with E-state index >= 15 is 0 Å². The van der Waals surface area contributed by atoms with Gasteiger partial charge in [0.15, 0.2) is 0 Å². The summed E-state index contributed by atoms with van der Waals surface area (Å²) < 4.78 is 1.78. The molecule has 0 aliphatic carbocycles. The molecule has 0 unspecified atom stereocenters. The first-order chi connectivity index (χ1) is 14.2.